The summed E-state index contributed by atoms with van der Waals surface area (Å²) in [6.07, 6.45) is -2.03. The van der Waals surface area contributed by atoms with Gasteiger partial charge in [-0.2, -0.15) is 4.80 Å². The molecule has 0 spiro atoms. The predicted molar refractivity (Wildman–Crippen MR) is 120 cm³/mol. The van der Waals surface area contributed by atoms with Gasteiger partial charge >= 0.3 is 0 Å². The van der Waals surface area contributed by atoms with Crippen LogP contribution in [0.15, 0.2) is 42.5 Å². The van der Waals surface area contributed by atoms with Gasteiger partial charge in [0.2, 0.25) is 0 Å². The van der Waals surface area contributed by atoms with E-state index >= 15 is 0 Å². The first-order valence-corrected chi connectivity index (χ1v) is 10.6. The van der Waals surface area contributed by atoms with E-state index in [0.717, 1.165) is 5.69 Å². The number of anilines is 1. The molecule has 1 aliphatic rings. The van der Waals surface area contributed by atoms with Gasteiger partial charge in [-0.3, -0.25) is 0 Å². The second-order valence-electron chi connectivity index (χ2n) is 8.00. The van der Waals surface area contributed by atoms with Crippen molar-refractivity contribution in [2.75, 3.05) is 19.1 Å². The van der Waals surface area contributed by atoms with Gasteiger partial charge in [-0.1, -0.05) is 11.6 Å². The van der Waals surface area contributed by atoms with Gasteiger partial charge in [0.05, 0.1) is 19.6 Å². The summed E-state index contributed by atoms with van der Waals surface area (Å²) in [5.74, 6) is 0.974. The number of phenols is 1. The van der Waals surface area contributed by atoms with Crippen molar-refractivity contribution >= 4 is 17.3 Å². The van der Waals surface area contributed by atoms with Crippen LogP contribution in [0.2, 0.25) is 5.02 Å². The van der Waals surface area contributed by atoms with Gasteiger partial charge in [-0.25, -0.2) is 0 Å². The van der Waals surface area contributed by atoms with Gasteiger partial charge in [0, 0.05) is 30.5 Å². The van der Waals surface area contributed by atoms with Crippen molar-refractivity contribution in [2.24, 2.45) is 7.05 Å². The minimum Gasteiger partial charge on any atom is -0.508 e. The summed E-state index contributed by atoms with van der Waals surface area (Å²) in [4.78, 5) is 3.28. The smallest absolute Gasteiger partial charge is 0.199 e. The zero-order valence-electron chi connectivity index (χ0n) is 18.7. The highest BCUT2D eigenvalue weighted by atomic mass is 35.5. The van der Waals surface area contributed by atoms with E-state index in [1.54, 1.807) is 38.2 Å². The maximum Gasteiger partial charge on any atom is 0.199 e. The number of aromatic nitrogens is 4. The molecular weight excluding hydrogens is 450 g/mol. The van der Waals surface area contributed by atoms with Crippen molar-refractivity contribution in [1.82, 2.24) is 20.2 Å². The standard InChI is InChI=1S/C22H26ClN5O5/c1-22(21(31-3)32-4)20(30)19(16-11-15(29)9-10-17(16)33-22)28(12-18-24-26-27(2)25-18)14-7-5-13(23)6-8-14/h5-11,19-21,29-30H,12H2,1-4H3/t19-,20+,22+/m1/s1. The topological polar surface area (TPSA) is 115 Å². The molecule has 10 nitrogen and oxygen atoms in total. The Hall–Kier alpha value is -2.92. The number of tetrazole rings is 1. The lowest BCUT2D eigenvalue weighted by Gasteiger charge is -2.49. The summed E-state index contributed by atoms with van der Waals surface area (Å²) in [6.45, 7) is 1.94. The largest absolute Gasteiger partial charge is 0.508 e. The quantitative estimate of drug-likeness (QED) is 0.497. The van der Waals surface area contributed by atoms with E-state index in [2.05, 4.69) is 15.4 Å². The summed E-state index contributed by atoms with van der Waals surface area (Å²) < 4.78 is 17.2. The first kappa shape index (κ1) is 23.2. The van der Waals surface area contributed by atoms with E-state index in [1.807, 2.05) is 17.0 Å². The third-order valence-corrected chi connectivity index (χ3v) is 6.03. The average Bonchev–Trinajstić information content (AvgIpc) is 3.20. The summed E-state index contributed by atoms with van der Waals surface area (Å²) in [5, 5.41) is 34.9. The van der Waals surface area contributed by atoms with Crippen molar-refractivity contribution in [3.63, 3.8) is 0 Å². The summed E-state index contributed by atoms with van der Waals surface area (Å²) in [6, 6.07) is 11.3. The number of nitrogens with zero attached hydrogens (tertiary/aromatic N) is 5. The van der Waals surface area contributed by atoms with Crippen LogP contribution < -0.4 is 9.64 Å². The molecule has 1 aromatic heterocycles. The summed E-state index contributed by atoms with van der Waals surface area (Å²) >= 11 is 6.13. The molecule has 0 saturated heterocycles. The Morgan fingerprint density at radius 1 is 1.21 bits per heavy atom. The average molecular weight is 476 g/mol. The van der Waals surface area contributed by atoms with E-state index in [-0.39, 0.29) is 12.3 Å². The van der Waals surface area contributed by atoms with Crippen molar-refractivity contribution in [3.05, 3.63) is 58.9 Å². The van der Waals surface area contributed by atoms with Crippen LogP contribution in [0.1, 0.15) is 24.4 Å². The highest BCUT2D eigenvalue weighted by Crippen LogP contribution is 2.47. The monoisotopic (exact) mass is 475 g/mol. The van der Waals surface area contributed by atoms with Crippen LogP contribution >= 0.6 is 11.6 Å². The van der Waals surface area contributed by atoms with Crippen LogP contribution in [-0.2, 0) is 23.1 Å². The second kappa shape index (κ2) is 9.14. The molecule has 0 aliphatic carbocycles. The Morgan fingerprint density at radius 2 is 1.91 bits per heavy atom. The minimum absolute atomic E-state index is 0.0434. The number of hydrogen-bond donors (Lipinski definition) is 2. The molecule has 0 unspecified atom stereocenters. The molecule has 0 fully saturated rings. The molecule has 0 saturated carbocycles. The Morgan fingerprint density at radius 3 is 2.52 bits per heavy atom. The lowest BCUT2D eigenvalue weighted by molar-refractivity contribution is -0.237. The first-order valence-electron chi connectivity index (χ1n) is 10.3. The third-order valence-electron chi connectivity index (χ3n) is 5.78. The van der Waals surface area contributed by atoms with E-state index in [4.69, 9.17) is 25.8 Å². The minimum atomic E-state index is -1.28. The maximum atomic E-state index is 11.7. The molecule has 3 atom stereocenters. The number of halogens is 1. The van der Waals surface area contributed by atoms with Gasteiger partial charge in [-0.15, -0.1) is 10.2 Å². The third kappa shape index (κ3) is 4.34. The van der Waals surface area contributed by atoms with Gasteiger partial charge < -0.3 is 29.3 Å². The lowest BCUT2D eigenvalue weighted by Crippen LogP contribution is -2.62. The fourth-order valence-corrected chi connectivity index (χ4v) is 4.38. The molecule has 176 valence electrons. The molecular formula is C22H26ClN5O5. The molecule has 0 amide bonds. The lowest BCUT2D eigenvalue weighted by atomic mass is 9.83. The number of phenolic OH excluding ortho intramolecular Hbond substituents is 1. The summed E-state index contributed by atoms with van der Waals surface area (Å²) in [7, 11) is 4.65. The molecule has 0 radical (unpaired) electrons. The molecule has 33 heavy (non-hydrogen) atoms. The second-order valence-corrected chi connectivity index (χ2v) is 8.44. The van der Waals surface area contributed by atoms with Crippen molar-refractivity contribution < 1.29 is 24.4 Å². The number of rotatable bonds is 7. The molecule has 2 heterocycles. The number of hydrogen-bond acceptors (Lipinski definition) is 9. The summed E-state index contributed by atoms with van der Waals surface area (Å²) in [5.41, 5.74) is 0.0594. The Bertz CT molecular complexity index is 1110. The zero-order chi connectivity index (χ0) is 23.8. The molecule has 2 aromatic carbocycles. The Labute approximate surface area is 196 Å². The van der Waals surface area contributed by atoms with Gasteiger partial charge in [0.25, 0.3) is 0 Å². The van der Waals surface area contributed by atoms with Gasteiger partial charge in [-0.05, 0) is 54.6 Å². The van der Waals surface area contributed by atoms with E-state index < -0.39 is 24.0 Å². The van der Waals surface area contributed by atoms with Crippen molar-refractivity contribution in [1.29, 1.82) is 0 Å². The van der Waals surface area contributed by atoms with Crippen LogP contribution in [-0.4, -0.2) is 62.6 Å². The number of fused-ring (bicyclic) bond motifs is 1. The van der Waals surface area contributed by atoms with Crippen LogP contribution in [0.25, 0.3) is 0 Å². The number of methoxy groups -OCH3 is 2. The normalized spacial score (nSPS) is 22.2. The highest BCUT2D eigenvalue weighted by molar-refractivity contribution is 6.30. The molecule has 11 heteroatoms. The number of benzene rings is 2. The Kier molecular flexibility index (Phi) is 6.44. The fraction of sp³-hybridized carbons (Fsp3) is 0.409. The number of aromatic hydroxyl groups is 1. The van der Waals surface area contributed by atoms with Crippen LogP contribution in [0.4, 0.5) is 5.69 Å². The predicted octanol–water partition coefficient (Wildman–Crippen LogP) is 2.45. The van der Waals surface area contributed by atoms with Gasteiger partial charge in [0.1, 0.15) is 17.6 Å². The number of aliphatic hydroxyl groups excluding tert-OH is 1. The molecule has 2 N–H and O–H groups in total. The number of ether oxygens (including phenoxy) is 3. The molecule has 4 rings (SSSR count). The van der Waals surface area contributed by atoms with Crippen LogP contribution in [0, 0.1) is 0 Å². The molecule has 3 aromatic rings. The molecule has 0 bridgehead atoms. The molecule has 1 aliphatic heterocycles. The van der Waals surface area contributed by atoms with Crippen LogP contribution in [0.5, 0.6) is 11.5 Å². The van der Waals surface area contributed by atoms with E-state index in [0.29, 0.717) is 22.2 Å². The number of aryl methyl sites for hydroxylation is 1. The SMILES string of the molecule is COC(OC)[C@@]1(C)Oc2ccc(O)cc2[C@@H](N(Cc2nnn(C)n2)c2ccc(Cl)cc2)[C@@H]1O. The van der Waals surface area contributed by atoms with Gasteiger partial charge in [0.15, 0.2) is 17.7 Å². The van der Waals surface area contributed by atoms with Crippen molar-refractivity contribution in [2.45, 2.75) is 37.5 Å². The van der Waals surface area contributed by atoms with Crippen LogP contribution in [0.3, 0.4) is 0 Å². The van der Waals surface area contributed by atoms with Crippen molar-refractivity contribution in [3.8, 4) is 11.5 Å². The highest BCUT2D eigenvalue weighted by Gasteiger charge is 2.54. The first-order chi connectivity index (χ1) is 15.8. The van der Waals surface area contributed by atoms with E-state index in [1.165, 1.54) is 25.1 Å². The zero-order valence-corrected chi connectivity index (χ0v) is 19.5. The maximum absolute atomic E-state index is 11.7. The fourth-order valence-electron chi connectivity index (χ4n) is 4.25. The Balaban J connectivity index is 1.89. The van der Waals surface area contributed by atoms with E-state index in [9.17, 15) is 10.2 Å². The number of aliphatic hydroxyl groups is 1.